The molecule has 4 aromatic carbocycles. The van der Waals surface area contributed by atoms with Gasteiger partial charge in [0.25, 0.3) is 5.91 Å². The summed E-state index contributed by atoms with van der Waals surface area (Å²) in [4.78, 5) is 92.8. The molecule has 2 saturated heterocycles. The Kier molecular flexibility index (Phi) is 18.1. The van der Waals surface area contributed by atoms with Crippen molar-refractivity contribution in [2.45, 2.75) is 102 Å². The minimum Gasteiger partial charge on any atom is -0.381 e. The summed E-state index contributed by atoms with van der Waals surface area (Å²) in [6, 6.07) is 18.4. The molecule has 0 unspecified atom stereocenters. The molecule has 0 spiro atoms. The van der Waals surface area contributed by atoms with Crippen LogP contribution in [-0.4, -0.2) is 153 Å². The van der Waals surface area contributed by atoms with Crippen LogP contribution >= 0.6 is 0 Å². The number of nitrogens with zero attached hydrogens (tertiary/aromatic N) is 4. The number of carbonyl (C=O) groups is 6. The third kappa shape index (κ3) is 12.8. The zero-order valence-electron chi connectivity index (χ0n) is 44.9. The molecule has 4 aliphatic rings. The quantitative estimate of drug-likeness (QED) is 0.0947. The summed E-state index contributed by atoms with van der Waals surface area (Å²) in [6.07, 6.45) is -0.712. The van der Waals surface area contributed by atoms with Crippen molar-refractivity contribution in [2.24, 2.45) is 5.92 Å². The van der Waals surface area contributed by atoms with E-state index in [0.717, 1.165) is 42.4 Å². The lowest BCUT2D eigenvalue weighted by Gasteiger charge is -2.43. The lowest BCUT2D eigenvalue weighted by molar-refractivity contribution is -0.147. The van der Waals surface area contributed by atoms with Gasteiger partial charge in [-0.05, 0) is 112 Å². The second-order valence-corrected chi connectivity index (χ2v) is 21.4. The molecule has 8 rings (SSSR count). The number of Topliss-reactive ketones (excluding diaryl/α,β-unsaturated/α-hetero) is 2. The minimum atomic E-state index is -1.42. The first kappa shape index (κ1) is 56.8. The van der Waals surface area contributed by atoms with E-state index in [0.29, 0.717) is 60.7 Å². The van der Waals surface area contributed by atoms with Gasteiger partial charge in [-0.1, -0.05) is 48.5 Å². The molecular formula is C58H71F3N8O8. The first-order valence-corrected chi connectivity index (χ1v) is 26.5. The molecule has 4 aliphatic heterocycles. The largest absolute Gasteiger partial charge is 0.381 e. The Morgan fingerprint density at radius 1 is 0.909 bits per heavy atom. The Labute approximate surface area is 448 Å². The number of ether oxygens (including phenoxy) is 2. The van der Waals surface area contributed by atoms with Gasteiger partial charge in [-0.25, -0.2) is 13.2 Å². The van der Waals surface area contributed by atoms with Crippen molar-refractivity contribution in [2.75, 3.05) is 83.4 Å². The van der Waals surface area contributed by atoms with Crippen LogP contribution in [0, 0.1) is 23.4 Å². The zero-order chi connectivity index (χ0) is 55.3. The summed E-state index contributed by atoms with van der Waals surface area (Å²) in [6.45, 7) is 13.2. The lowest BCUT2D eigenvalue weighted by atomic mass is 9.83. The second kappa shape index (κ2) is 24.5. The van der Waals surface area contributed by atoms with Crippen LogP contribution in [0.5, 0.6) is 0 Å². The maximum Gasteiger partial charge on any atom is 0.252 e. The fourth-order valence-corrected chi connectivity index (χ4v) is 11.0. The molecule has 0 bridgehead atoms. The van der Waals surface area contributed by atoms with Crippen LogP contribution in [-0.2, 0) is 63.0 Å². The van der Waals surface area contributed by atoms with Crippen LogP contribution in [0.15, 0.2) is 78.9 Å². The summed E-state index contributed by atoms with van der Waals surface area (Å²) in [7, 11) is 3.02. The molecule has 2 fully saturated rings. The van der Waals surface area contributed by atoms with E-state index in [9.17, 15) is 41.9 Å². The van der Waals surface area contributed by atoms with Gasteiger partial charge in [-0.3, -0.25) is 38.6 Å². The predicted octanol–water partition coefficient (Wildman–Crippen LogP) is 4.85. The molecule has 4 amide bonds. The topological polar surface area (TPSA) is 182 Å². The Hall–Kier alpha value is -6.35. The van der Waals surface area contributed by atoms with Crippen LogP contribution in [0.3, 0.4) is 0 Å². The van der Waals surface area contributed by atoms with E-state index >= 15 is 0 Å². The van der Waals surface area contributed by atoms with Crippen molar-refractivity contribution in [3.8, 4) is 0 Å². The number of amides is 4. The predicted molar refractivity (Wildman–Crippen MR) is 285 cm³/mol. The molecule has 0 radical (unpaired) electrons. The van der Waals surface area contributed by atoms with Gasteiger partial charge in [-0.2, -0.15) is 0 Å². The first-order chi connectivity index (χ1) is 36.8. The number of ketones is 2. The fraction of sp³-hybridized carbons (Fsp3) is 0.483. The number of rotatable bonds is 20. The lowest BCUT2D eigenvalue weighted by Crippen LogP contribution is -2.62. The zero-order valence-corrected chi connectivity index (χ0v) is 44.9. The van der Waals surface area contributed by atoms with E-state index in [4.69, 9.17) is 9.47 Å². The van der Waals surface area contributed by atoms with Crippen molar-refractivity contribution >= 4 is 46.6 Å². The number of morpholine rings is 1. The summed E-state index contributed by atoms with van der Waals surface area (Å²) in [5.41, 5.74) is 2.27. The number of carbonyl (C=O) groups excluding carboxylic acids is 6. The van der Waals surface area contributed by atoms with E-state index in [-0.39, 0.29) is 80.4 Å². The average molecular weight is 1070 g/mol. The molecular weight excluding hydrogens is 994 g/mol. The number of hydrogen-bond donors (Lipinski definition) is 4. The van der Waals surface area contributed by atoms with Crippen LogP contribution in [0.4, 0.5) is 24.5 Å². The third-order valence-electron chi connectivity index (χ3n) is 15.9. The number of para-hydroxylation sites is 1. The Balaban J connectivity index is 1.01. The number of halogens is 3. The van der Waals surface area contributed by atoms with Crippen LogP contribution in [0.2, 0.25) is 0 Å². The highest BCUT2D eigenvalue weighted by Gasteiger charge is 2.48. The highest BCUT2D eigenvalue weighted by atomic mass is 19.1. The molecule has 412 valence electrons. The van der Waals surface area contributed by atoms with E-state index in [1.54, 1.807) is 63.1 Å². The van der Waals surface area contributed by atoms with Crippen molar-refractivity contribution in [3.63, 3.8) is 0 Å². The Bertz CT molecular complexity index is 2840. The minimum absolute atomic E-state index is 0.0149. The van der Waals surface area contributed by atoms with Gasteiger partial charge in [0, 0.05) is 83.0 Å². The SMILES string of the molecule is CN[C@@H](C)C(=O)C[C@H](C(=O)N1Cc2ccc(CC(=O)CNC(=O)[C@]3(C)CN(C(=O)CN4C[C@@H](C)NC[C@@H]4CN4CCOC[C@H]4C)c4cc(Cc5ccc(F)cc5)ccc43)cc2[C@H]1C(=O)Nc1c(F)cccc1F)[C@@H](C)OC. The number of methoxy groups -OCH3 is 1. The van der Waals surface area contributed by atoms with Crippen molar-refractivity contribution in [1.82, 2.24) is 30.7 Å². The molecule has 16 nitrogen and oxygen atoms in total. The molecule has 4 N–H and O–H groups in total. The van der Waals surface area contributed by atoms with Gasteiger partial charge in [0.05, 0.1) is 49.8 Å². The number of anilines is 2. The fourth-order valence-electron chi connectivity index (χ4n) is 11.0. The van der Waals surface area contributed by atoms with E-state index in [1.807, 2.05) is 18.2 Å². The molecule has 4 aromatic rings. The van der Waals surface area contributed by atoms with E-state index in [2.05, 4.69) is 44.9 Å². The smallest absolute Gasteiger partial charge is 0.252 e. The first-order valence-electron chi connectivity index (χ1n) is 26.5. The molecule has 4 heterocycles. The van der Waals surface area contributed by atoms with Crippen molar-refractivity contribution in [3.05, 3.63) is 130 Å². The maximum atomic E-state index is 15.0. The highest BCUT2D eigenvalue weighted by molar-refractivity contribution is 6.04. The number of piperazine rings is 1. The number of likely N-dealkylation sites (N-methyl/N-ethyl adjacent to an activating group) is 1. The average Bonchev–Trinajstić information content (AvgIpc) is 3.95. The molecule has 19 heteroatoms. The van der Waals surface area contributed by atoms with Crippen LogP contribution in [0.1, 0.15) is 80.5 Å². The summed E-state index contributed by atoms with van der Waals surface area (Å²) >= 11 is 0. The summed E-state index contributed by atoms with van der Waals surface area (Å²) < 4.78 is 55.0. The monoisotopic (exact) mass is 1060 g/mol. The highest BCUT2D eigenvalue weighted by Crippen LogP contribution is 2.43. The Morgan fingerprint density at radius 3 is 2.32 bits per heavy atom. The number of benzene rings is 4. The number of fused-ring (bicyclic) bond motifs is 2. The summed E-state index contributed by atoms with van der Waals surface area (Å²) in [5.74, 6) is -6.22. The van der Waals surface area contributed by atoms with Gasteiger partial charge in [0.15, 0.2) is 5.78 Å². The normalized spacial score (nSPS) is 22.7. The van der Waals surface area contributed by atoms with Crippen molar-refractivity contribution in [1.29, 1.82) is 0 Å². The second-order valence-electron chi connectivity index (χ2n) is 21.4. The van der Waals surface area contributed by atoms with Crippen molar-refractivity contribution < 1.29 is 51.4 Å². The standard InChI is InChI=1S/C58H71F3N8O8/c1-34-28-67(43(26-63-34)30-66-19-20-77-32-35(66)2)31-52(72)69-33-58(5,47-18-14-39(24-50(47)69)21-38-12-16-42(59)17-13-38)57(75)64-27-44(70)22-40-11-15-41-29-68(56(74)45(37(4)76-7)25-51(71)36(3)62-6)54(46(41)23-40)55(73)65-53-48(60)9-8-10-49(53)61/h8-18,23-24,34-37,43,45,54,62-63H,19-22,25-33H2,1-7H3,(H,64,75)(H,65,73)/t34-,35-,36+,37-,43-,45+,54+,58-/m1/s1. The number of nitrogens with one attached hydrogen (secondary N) is 4. The Morgan fingerprint density at radius 2 is 1.62 bits per heavy atom. The summed E-state index contributed by atoms with van der Waals surface area (Å²) in [5, 5.41) is 11.7. The third-order valence-corrected chi connectivity index (χ3v) is 15.9. The van der Waals surface area contributed by atoms with Gasteiger partial charge in [0.1, 0.15) is 35.0 Å². The van der Waals surface area contributed by atoms with Gasteiger partial charge in [-0.15, -0.1) is 0 Å². The maximum absolute atomic E-state index is 15.0. The molecule has 0 aliphatic carbocycles. The van der Waals surface area contributed by atoms with E-state index < -0.39 is 64.6 Å². The number of hydrogen-bond acceptors (Lipinski definition) is 12. The van der Waals surface area contributed by atoms with E-state index in [1.165, 1.54) is 24.1 Å². The molecule has 0 aromatic heterocycles. The van der Waals surface area contributed by atoms with Crippen LogP contribution < -0.4 is 26.2 Å². The van der Waals surface area contributed by atoms with Gasteiger partial charge in [0.2, 0.25) is 17.7 Å². The van der Waals surface area contributed by atoms with Gasteiger partial charge < -0.3 is 40.5 Å². The van der Waals surface area contributed by atoms with Crippen LogP contribution in [0.25, 0.3) is 0 Å². The molecule has 77 heavy (non-hydrogen) atoms. The van der Waals surface area contributed by atoms with Gasteiger partial charge >= 0.3 is 0 Å². The molecule has 8 atom stereocenters. The molecule has 0 saturated carbocycles.